The number of nitrogens with one attached hydrogen (secondary N) is 1. The Morgan fingerprint density at radius 1 is 1.13 bits per heavy atom. The lowest BCUT2D eigenvalue weighted by molar-refractivity contribution is -0.386. The fourth-order valence-electron chi connectivity index (χ4n) is 3.05. The minimum absolute atomic E-state index is 0.0524. The van der Waals surface area contributed by atoms with E-state index in [-0.39, 0.29) is 11.4 Å². The van der Waals surface area contributed by atoms with Crippen molar-refractivity contribution in [3.63, 3.8) is 0 Å². The van der Waals surface area contributed by atoms with E-state index in [1.165, 1.54) is 17.7 Å². The smallest absolute Gasteiger partial charge is 0.310 e. The lowest BCUT2D eigenvalue weighted by Crippen LogP contribution is -2.30. The van der Waals surface area contributed by atoms with Gasteiger partial charge in [0.05, 0.1) is 15.1 Å². The molecule has 1 aromatic heterocycles. The van der Waals surface area contributed by atoms with Crippen LogP contribution in [0.1, 0.15) is 12.5 Å². The van der Waals surface area contributed by atoms with Crippen molar-refractivity contribution in [1.29, 1.82) is 0 Å². The van der Waals surface area contributed by atoms with Gasteiger partial charge in [-0.05, 0) is 61.9 Å². The number of carbonyl (C=O) groups excluding carboxylic acids is 1. The normalized spacial score (nSPS) is 11.8. The summed E-state index contributed by atoms with van der Waals surface area (Å²) >= 11 is 1.62. The fourth-order valence-corrected chi connectivity index (χ4v) is 4.12. The van der Waals surface area contributed by atoms with Crippen molar-refractivity contribution in [3.8, 4) is 16.3 Å². The number of thiazole rings is 1. The van der Waals surface area contributed by atoms with Gasteiger partial charge in [0.25, 0.3) is 5.91 Å². The Balaban J connectivity index is 1.44. The van der Waals surface area contributed by atoms with Crippen molar-refractivity contribution in [1.82, 2.24) is 4.98 Å². The molecule has 1 heterocycles. The first-order chi connectivity index (χ1) is 14.9. The highest BCUT2D eigenvalue weighted by Crippen LogP contribution is 2.31. The number of para-hydroxylation sites is 2. The highest BCUT2D eigenvalue weighted by atomic mass is 32.1. The maximum atomic E-state index is 12.5. The first-order valence-electron chi connectivity index (χ1n) is 9.59. The molecular formula is C23H19N3O4S. The third-order valence-corrected chi connectivity index (χ3v) is 5.75. The lowest BCUT2D eigenvalue weighted by atomic mass is 10.2. The summed E-state index contributed by atoms with van der Waals surface area (Å²) in [5.74, 6) is -0.349. The quantitative estimate of drug-likeness (QED) is 0.316. The molecule has 0 saturated heterocycles. The van der Waals surface area contributed by atoms with E-state index >= 15 is 0 Å². The van der Waals surface area contributed by atoms with E-state index < -0.39 is 16.9 Å². The molecule has 0 saturated carbocycles. The number of amides is 1. The molecule has 4 rings (SSSR count). The Kier molecular flexibility index (Phi) is 5.64. The highest BCUT2D eigenvalue weighted by Gasteiger charge is 2.20. The average molecular weight is 433 g/mol. The van der Waals surface area contributed by atoms with E-state index in [1.54, 1.807) is 42.5 Å². The zero-order valence-corrected chi connectivity index (χ0v) is 17.7. The highest BCUT2D eigenvalue weighted by molar-refractivity contribution is 7.21. The first kappa shape index (κ1) is 20.5. The standard InChI is InChI=1S/C23H19N3O4S/c1-14-7-12-18-21(13-14)31-23(25-18)16-8-10-17(11-9-16)24-22(27)15(2)30-20-6-4-3-5-19(20)26(28)29/h3-13,15H,1-2H3,(H,24,27). The number of rotatable bonds is 6. The summed E-state index contributed by atoms with van der Waals surface area (Å²) in [6.45, 7) is 3.60. The fraction of sp³-hybridized carbons (Fsp3) is 0.130. The minimum atomic E-state index is -0.909. The summed E-state index contributed by atoms with van der Waals surface area (Å²) in [5, 5.41) is 14.8. The summed E-state index contributed by atoms with van der Waals surface area (Å²) in [6.07, 6.45) is -0.909. The number of aromatic nitrogens is 1. The van der Waals surface area contributed by atoms with Gasteiger partial charge in [-0.3, -0.25) is 14.9 Å². The molecule has 0 aliphatic heterocycles. The van der Waals surface area contributed by atoms with Gasteiger partial charge in [-0.1, -0.05) is 18.2 Å². The van der Waals surface area contributed by atoms with Crippen LogP contribution < -0.4 is 10.1 Å². The summed E-state index contributed by atoms with van der Waals surface area (Å²) in [5.41, 5.74) is 3.53. The van der Waals surface area contributed by atoms with E-state index in [0.29, 0.717) is 5.69 Å². The van der Waals surface area contributed by atoms with Crippen LogP contribution in [0.25, 0.3) is 20.8 Å². The average Bonchev–Trinajstić information content (AvgIpc) is 3.17. The Labute approximate surface area is 182 Å². The zero-order valence-electron chi connectivity index (χ0n) is 16.9. The Morgan fingerprint density at radius 3 is 2.61 bits per heavy atom. The second-order valence-electron chi connectivity index (χ2n) is 7.04. The molecule has 1 N–H and O–H groups in total. The summed E-state index contributed by atoms with van der Waals surface area (Å²) in [7, 11) is 0. The SMILES string of the molecule is Cc1ccc2nc(-c3ccc(NC(=O)C(C)Oc4ccccc4[N+](=O)[O-])cc3)sc2c1. The maximum Gasteiger partial charge on any atom is 0.310 e. The van der Waals surface area contributed by atoms with E-state index in [1.807, 2.05) is 24.3 Å². The van der Waals surface area contributed by atoms with Gasteiger partial charge >= 0.3 is 5.69 Å². The number of fused-ring (bicyclic) bond motifs is 1. The van der Waals surface area contributed by atoms with Crippen LogP contribution >= 0.6 is 11.3 Å². The summed E-state index contributed by atoms with van der Waals surface area (Å²) < 4.78 is 6.65. The number of nitro benzene ring substituents is 1. The number of ether oxygens (including phenoxy) is 1. The predicted octanol–water partition coefficient (Wildman–Crippen LogP) is 5.59. The minimum Gasteiger partial charge on any atom is -0.474 e. The molecule has 7 nitrogen and oxygen atoms in total. The molecule has 0 spiro atoms. The first-order valence-corrected chi connectivity index (χ1v) is 10.4. The molecule has 1 atom stereocenters. The molecule has 0 fully saturated rings. The number of carbonyl (C=O) groups is 1. The van der Waals surface area contributed by atoms with Gasteiger partial charge in [0.1, 0.15) is 5.01 Å². The van der Waals surface area contributed by atoms with E-state index in [4.69, 9.17) is 4.74 Å². The van der Waals surface area contributed by atoms with Gasteiger partial charge in [0.15, 0.2) is 11.9 Å². The number of anilines is 1. The zero-order chi connectivity index (χ0) is 22.0. The second kappa shape index (κ2) is 8.53. The molecule has 8 heteroatoms. The molecule has 3 aromatic carbocycles. The van der Waals surface area contributed by atoms with Crippen molar-refractivity contribution in [2.75, 3.05) is 5.32 Å². The van der Waals surface area contributed by atoms with Gasteiger partial charge in [0, 0.05) is 17.3 Å². The third-order valence-electron chi connectivity index (χ3n) is 4.68. The number of hydrogen-bond donors (Lipinski definition) is 1. The summed E-state index contributed by atoms with van der Waals surface area (Å²) in [4.78, 5) is 27.7. The van der Waals surface area contributed by atoms with Crippen LogP contribution in [0.15, 0.2) is 66.7 Å². The van der Waals surface area contributed by atoms with Crippen LogP contribution in [0.4, 0.5) is 11.4 Å². The van der Waals surface area contributed by atoms with Crippen molar-refractivity contribution in [2.24, 2.45) is 0 Å². The molecule has 1 amide bonds. The van der Waals surface area contributed by atoms with Gasteiger partial charge in [0.2, 0.25) is 0 Å². The molecule has 0 radical (unpaired) electrons. The van der Waals surface area contributed by atoms with E-state index in [0.717, 1.165) is 20.8 Å². The van der Waals surface area contributed by atoms with E-state index in [9.17, 15) is 14.9 Å². The number of aryl methyl sites for hydroxylation is 1. The number of nitrogens with zero attached hydrogens (tertiary/aromatic N) is 2. The molecule has 156 valence electrons. The molecular weight excluding hydrogens is 414 g/mol. The van der Waals surface area contributed by atoms with Gasteiger partial charge in [-0.15, -0.1) is 11.3 Å². The van der Waals surface area contributed by atoms with E-state index in [2.05, 4.69) is 23.3 Å². The van der Waals surface area contributed by atoms with Crippen LogP contribution in [0.5, 0.6) is 5.75 Å². The Morgan fingerprint density at radius 2 is 1.87 bits per heavy atom. The van der Waals surface area contributed by atoms with Crippen LogP contribution in [0.3, 0.4) is 0 Å². The van der Waals surface area contributed by atoms with Crippen molar-refractivity contribution < 1.29 is 14.5 Å². The maximum absolute atomic E-state index is 12.5. The number of nitro groups is 1. The van der Waals surface area contributed by atoms with Gasteiger partial charge in [-0.2, -0.15) is 0 Å². The van der Waals surface area contributed by atoms with Crippen molar-refractivity contribution in [3.05, 3.63) is 82.4 Å². The largest absolute Gasteiger partial charge is 0.474 e. The predicted molar refractivity (Wildman–Crippen MR) is 122 cm³/mol. The van der Waals surface area contributed by atoms with Crippen molar-refractivity contribution >= 4 is 38.8 Å². The lowest BCUT2D eigenvalue weighted by Gasteiger charge is -2.14. The second-order valence-corrected chi connectivity index (χ2v) is 8.07. The van der Waals surface area contributed by atoms with Gasteiger partial charge < -0.3 is 10.1 Å². The topological polar surface area (TPSA) is 94.4 Å². The number of benzene rings is 3. The molecule has 0 bridgehead atoms. The Bertz CT molecular complexity index is 1270. The molecule has 31 heavy (non-hydrogen) atoms. The Hall–Kier alpha value is -3.78. The molecule has 0 aliphatic carbocycles. The van der Waals surface area contributed by atoms with Gasteiger partial charge in [-0.25, -0.2) is 4.98 Å². The molecule has 0 aliphatic rings. The molecule has 1 unspecified atom stereocenters. The van der Waals surface area contributed by atoms with Crippen LogP contribution in [-0.4, -0.2) is 21.9 Å². The van der Waals surface area contributed by atoms with Crippen LogP contribution in [-0.2, 0) is 4.79 Å². The molecule has 4 aromatic rings. The monoisotopic (exact) mass is 433 g/mol. The summed E-state index contributed by atoms with van der Waals surface area (Å²) in [6, 6.07) is 19.5. The number of hydrogen-bond acceptors (Lipinski definition) is 6. The van der Waals surface area contributed by atoms with Crippen LogP contribution in [0, 0.1) is 17.0 Å². The van der Waals surface area contributed by atoms with Crippen LogP contribution in [0.2, 0.25) is 0 Å². The van der Waals surface area contributed by atoms with Crippen molar-refractivity contribution in [2.45, 2.75) is 20.0 Å². The third kappa shape index (κ3) is 4.54.